The molecule has 1 heterocycles. The lowest BCUT2D eigenvalue weighted by atomic mass is 9.75. The molecule has 1 aromatic rings. The van der Waals surface area contributed by atoms with Gasteiger partial charge in [-0.1, -0.05) is 31.9 Å². The number of pyridine rings is 1. The minimum absolute atomic E-state index is 0.0919. The van der Waals surface area contributed by atoms with Crippen LogP contribution in [-0.4, -0.2) is 22.1 Å². The average molecular weight is 283 g/mol. The summed E-state index contributed by atoms with van der Waals surface area (Å²) in [5, 5.41) is 12.5. The maximum atomic E-state index is 11.0. The van der Waals surface area contributed by atoms with Gasteiger partial charge in [-0.15, -0.1) is 0 Å². The predicted molar refractivity (Wildman–Crippen MR) is 75.9 cm³/mol. The first kappa shape index (κ1) is 14.1. The van der Waals surface area contributed by atoms with Gasteiger partial charge in [-0.05, 0) is 30.7 Å². The number of carbonyl (C=O) groups is 1. The molecular formula is C14H19ClN2O2. The van der Waals surface area contributed by atoms with E-state index in [4.69, 9.17) is 16.7 Å². The van der Waals surface area contributed by atoms with Crippen molar-refractivity contribution < 1.29 is 9.90 Å². The summed E-state index contributed by atoms with van der Waals surface area (Å²) in [6.45, 7) is 4.51. The second kappa shape index (κ2) is 5.37. The van der Waals surface area contributed by atoms with Crippen LogP contribution >= 0.6 is 11.6 Å². The third-order valence-electron chi connectivity index (χ3n) is 3.67. The zero-order chi connectivity index (χ0) is 14.0. The topological polar surface area (TPSA) is 62.2 Å². The molecule has 1 saturated carbocycles. The van der Waals surface area contributed by atoms with Gasteiger partial charge in [0.1, 0.15) is 5.82 Å². The van der Waals surface area contributed by atoms with Gasteiger partial charge in [0.05, 0.1) is 10.6 Å². The smallest absolute Gasteiger partial charge is 0.337 e. The van der Waals surface area contributed by atoms with E-state index in [1.54, 1.807) is 0 Å². The number of halogens is 1. The van der Waals surface area contributed by atoms with Crippen molar-refractivity contribution in [3.8, 4) is 0 Å². The number of carboxylic acids is 1. The van der Waals surface area contributed by atoms with E-state index in [0.717, 1.165) is 12.8 Å². The molecular weight excluding hydrogens is 264 g/mol. The Kier molecular flexibility index (Phi) is 3.99. The lowest BCUT2D eigenvalue weighted by Gasteiger charge is -2.35. The van der Waals surface area contributed by atoms with Crippen molar-refractivity contribution in [3.05, 3.63) is 22.8 Å². The maximum absolute atomic E-state index is 11.0. The Morgan fingerprint density at radius 2 is 2.32 bits per heavy atom. The number of hydrogen-bond donors (Lipinski definition) is 2. The molecule has 0 radical (unpaired) electrons. The van der Waals surface area contributed by atoms with Crippen molar-refractivity contribution in [2.24, 2.45) is 5.41 Å². The Morgan fingerprint density at radius 1 is 1.58 bits per heavy atom. The minimum Gasteiger partial charge on any atom is -0.478 e. The van der Waals surface area contributed by atoms with Crippen LogP contribution in [0.5, 0.6) is 0 Å². The molecule has 1 atom stereocenters. The van der Waals surface area contributed by atoms with Crippen LogP contribution in [-0.2, 0) is 0 Å². The molecule has 0 aromatic carbocycles. The second-order valence-corrected chi connectivity index (χ2v) is 6.31. The summed E-state index contributed by atoms with van der Waals surface area (Å²) in [5.74, 6) is -0.552. The van der Waals surface area contributed by atoms with Crippen LogP contribution in [0.4, 0.5) is 5.82 Å². The fourth-order valence-electron chi connectivity index (χ4n) is 2.72. The number of nitrogens with zero attached hydrogens (tertiary/aromatic N) is 1. The van der Waals surface area contributed by atoms with Crippen LogP contribution in [0.15, 0.2) is 12.3 Å². The summed E-state index contributed by atoms with van der Waals surface area (Å²) in [6.07, 6.45) is 5.98. The SMILES string of the molecule is CC1(C)CCCC(Nc2nccc(C(=O)O)c2Cl)C1. The standard InChI is InChI=1S/C14H19ClN2O2/c1-14(2)6-3-4-9(8-14)17-12-11(15)10(13(18)19)5-7-16-12/h5,7,9H,3-4,6,8H2,1-2H3,(H,16,17)(H,18,19). The third-order valence-corrected chi connectivity index (χ3v) is 4.05. The van der Waals surface area contributed by atoms with Crippen LogP contribution < -0.4 is 5.32 Å². The highest BCUT2D eigenvalue weighted by atomic mass is 35.5. The lowest BCUT2D eigenvalue weighted by molar-refractivity contribution is 0.0697. The van der Waals surface area contributed by atoms with Gasteiger partial charge in [-0.25, -0.2) is 9.78 Å². The molecule has 4 nitrogen and oxygen atoms in total. The average Bonchev–Trinajstić information content (AvgIpc) is 2.30. The molecule has 0 amide bonds. The largest absolute Gasteiger partial charge is 0.478 e. The van der Waals surface area contributed by atoms with Crippen LogP contribution in [0.3, 0.4) is 0 Å². The first-order valence-electron chi connectivity index (χ1n) is 6.53. The Bertz CT molecular complexity index is 488. The number of nitrogens with one attached hydrogen (secondary N) is 1. The monoisotopic (exact) mass is 282 g/mol. The van der Waals surface area contributed by atoms with Gasteiger partial charge in [-0.2, -0.15) is 0 Å². The molecule has 19 heavy (non-hydrogen) atoms. The summed E-state index contributed by atoms with van der Waals surface area (Å²) in [4.78, 5) is 15.2. The van der Waals surface area contributed by atoms with Crippen LogP contribution in [0, 0.1) is 5.41 Å². The summed E-state index contributed by atoms with van der Waals surface area (Å²) >= 11 is 6.09. The highest BCUT2D eigenvalue weighted by Gasteiger charge is 2.28. The van der Waals surface area contributed by atoms with Gasteiger partial charge in [0.25, 0.3) is 0 Å². The first-order chi connectivity index (χ1) is 8.89. The van der Waals surface area contributed by atoms with Crippen molar-refractivity contribution in [3.63, 3.8) is 0 Å². The highest BCUT2D eigenvalue weighted by molar-refractivity contribution is 6.35. The Balaban J connectivity index is 2.15. The molecule has 0 saturated heterocycles. The molecule has 104 valence electrons. The molecule has 5 heteroatoms. The lowest BCUT2D eigenvalue weighted by Crippen LogP contribution is -2.32. The predicted octanol–water partition coefficient (Wildman–Crippen LogP) is 3.81. The van der Waals surface area contributed by atoms with Gasteiger partial charge in [-0.3, -0.25) is 0 Å². The molecule has 1 aliphatic rings. The summed E-state index contributed by atoms with van der Waals surface area (Å²) < 4.78 is 0. The van der Waals surface area contributed by atoms with E-state index >= 15 is 0 Å². The maximum Gasteiger partial charge on any atom is 0.337 e. The van der Waals surface area contributed by atoms with Crippen LogP contribution in [0.25, 0.3) is 0 Å². The van der Waals surface area contributed by atoms with E-state index in [-0.39, 0.29) is 10.6 Å². The van der Waals surface area contributed by atoms with Gasteiger partial charge < -0.3 is 10.4 Å². The zero-order valence-electron chi connectivity index (χ0n) is 11.2. The normalized spacial score (nSPS) is 21.9. The van der Waals surface area contributed by atoms with E-state index in [9.17, 15) is 4.79 Å². The molecule has 2 N–H and O–H groups in total. The number of carboxylic acid groups (broad SMARTS) is 1. The van der Waals surface area contributed by atoms with E-state index in [2.05, 4.69) is 24.1 Å². The van der Waals surface area contributed by atoms with Crippen molar-refractivity contribution in [1.29, 1.82) is 0 Å². The Morgan fingerprint density at radius 3 is 2.95 bits per heavy atom. The number of hydrogen-bond acceptors (Lipinski definition) is 3. The molecule has 0 bridgehead atoms. The molecule has 1 aliphatic carbocycles. The quantitative estimate of drug-likeness (QED) is 0.885. The fraction of sp³-hybridized carbons (Fsp3) is 0.571. The van der Waals surface area contributed by atoms with Crippen molar-refractivity contribution in [2.45, 2.75) is 45.6 Å². The van der Waals surface area contributed by atoms with E-state index in [1.165, 1.54) is 25.1 Å². The second-order valence-electron chi connectivity index (χ2n) is 5.93. The Labute approximate surface area is 118 Å². The summed E-state index contributed by atoms with van der Waals surface area (Å²) in [7, 11) is 0. The molecule has 1 unspecified atom stereocenters. The number of aromatic nitrogens is 1. The van der Waals surface area contributed by atoms with E-state index in [1.807, 2.05) is 0 Å². The van der Waals surface area contributed by atoms with Gasteiger partial charge in [0, 0.05) is 12.2 Å². The van der Waals surface area contributed by atoms with Crippen molar-refractivity contribution >= 4 is 23.4 Å². The molecule has 0 spiro atoms. The van der Waals surface area contributed by atoms with E-state index < -0.39 is 5.97 Å². The highest BCUT2D eigenvalue weighted by Crippen LogP contribution is 2.37. The minimum atomic E-state index is -1.03. The van der Waals surface area contributed by atoms with Gasteiger partial charge in [0.2, 0.25) is 0 Å². The number of rotatable bonds is 3. The van der Waals surface area contributed by atoms with Gasteiger partial charge in [0.15, 0.2) is 0 Å². The summed E-state index contributed by atoms with van der Waals surface area (Å²) in [5.41, 5.74) is 0.404. The summed E-state index contributed by atoms with van der Waals surface area (Å²) in [6, 6.07) is 1.72. The van der Waals surface area contributed by atoms with Crippen LogP contribution in [0.1, 0.15) is 49.9 Å². The molecule has 1 aromatic heterocycles. The first-order valence-corrected chi connectivity index (χ1v) is 6.91. The Hall–Kier alpha value is -1.29. The van der Waals surface area contributed by atoms with Crippen LogP contribution in [0.2, 0.25) is 5.02 Å². The molecule has 2 rings (SSSR count). The van der Waals surface area contributed by atoms with Crippen molar-refractivity contribution in [2.75, 3.05) is 5.32 Å². The third kappa shape index (κ3) is 3.38. The molecule has 0 aliphatic heterocycles. The van der Waals surface area contributed by atoms with Gasteiger partial charge >= 0.3 is 5.97 Å². The van der Waals surface area contributed by atoms with E-state index in [0.29, 0.717) is 17.3 Å². The number of aromatic carboxylic acids is 1. The zero-order valence-corrected chi connectivity index (χ0v) is 12.0. The molecule has 1 fully saturated rings. The fourth-order valence-corrected chi connectivity index (χ4v) is 2.97. The number of anilines is 1. The van der Waals surface area contributed by atoms with Crippen molar-refractivity contribution in [1.82, 2.24) is 4.98 Å².